The van der Waals surface area contributed by atoms with Gasteiger partial charge in [0.05, 0.1) is 6.10 Å². The molecule has 0 saturated heterocycles. The van der Waals surface area contributed by atoms with Crippen LogP contribution in [0, 0.1) is 5.92 Å². The van der Waals surface area contributed by atoms with Crippen LogP contribution in [0.4, 0.5) is 0 Å². The predicted molar refractivity (Wildman–Crippen MR) is 37.1 cm³/mol. The summed E-state index contributed by atoms with van der Waals surface area (Å²) in [7, 11) is 0. The van der Waals surface area contributed by atoms with Gasteiger partial charge in [0.1, 0.15) is 0 Å². The van der Waals surface area contributed by atoms with Crippen molar-refractivity contribution in [2.24, 2.45) is 5.92 Å². The second-order valence-electron chi connectivity index (χ2n) is 2.45. The quantitative estimate of drug-likeness (QED) is 0.607. The third-order valence-corrected chi connectivity index (χ3v) is 2.42. The lowest BCUT2D eigenvalue weighted by atomic mass is 9.84. The van der Waals surface area contributed by atoms with Gasteiger partial charge >= 0.3 is 0 Å². The molecule has 0 unspecified atom stereocenters. The Balaban J connectivity index is 1.98. The van der Waals surface area contributed by atoms with Crippen molar-refractivity contribution in [2.45, 2.75) is 18.9 Å². The molecule has 1 saturated carbocycles. The van der Waals surface area contributed by atoms with Gasteiger partial charge in [0.2, 0.25) is 0 Å². The maximum Gasteiger partial charge on any atom is 0.0546 e. The first-order valence-electron chi connectivity index (χ1n) is 3.00. The van der Waals surface area contributed by atoms with Crippen LogP contribution >= 0.6 is 11.8 Å². The first-order chi connectivity index (χ1) is 3.83. The summed E-state index contributed by atoms with van der Waals surface area (Å²) in [6.45, 7) is 0. The van der Waals surface area contributed by atoms with Crippen LogP contribution in [0.1, 0.15) is 12.8 Å². The molecule has 1 rings (SSSR count). The fourth-order valence-electron chi connectivity index (χ4n) is 1.07. The van der Waals surface area contributed by atoms with Gasteiger partial charge in [-0.2, -0.15) is 11.8 Å². The topological polar surface area (TPSA) is 20.2 Å². The normalized spacial score (nSPS) is 36.8. The molecule has 8 heavy (non-hydrogen) atoms. The van der Waals surface area contributed by atoms with Crippen molar-refractivity contribution in [3.63, 3.8) is 0 Å². The van der Waals surface area contributed by atoms with Gasteiger partial charge < -0.3 is 5.11 Å². The minimum atomic E-state index is 0.0344. The highest BCUT2D eigenvalue weighted by molar-refractivity contribution is 7.98. The van der Waals surface area contributed by atoms with Crippen molar-refractivity contribution >= 4 is 11.8 Å². The standard InChI is InChI=1S/C6H12OS/c1-8-4-5-2-6(7)3-5/h5-7H,2-4H2,1H3. The number of hydrogen-bond acceptors (Lipinski definition) is 2. The summed E-state index contributed by atoms with van der Waals surface area (Å²) in [5, 5.41) is 8.84. The smallest absolute Gasteiger partial charge is 0.0546 e. The van der Waals surface area contributed by atoms with Crippen LogP contribution < -0.4 is 0 Å². The highest BCUT2D eigenvalue weighted by Gasteiger charge is 2.25. The summed E-state index contributed by atoms with van der Waals surface area (Å²) in [4.78, 5) is 0. The average Bonchev–Trinajstić information content (AvgIpc) is 1.64. The average molecular weight is 132 g/mol. The number of hydrogen-bond donors (Lipinski definition) is 1. The minimum Gasteiger partial charge on any atom is -0.393 e. The molecular weight excluding hydrogens is 120 g/mol. The molecule has 0 aromatic rings. The molecule has 0 aromatic heterocycles. The molecule has 1 nitrogen and oxygen atoms in total. The lowest BCUT2D eigenvalue weighted by Crippen LogP contribution is -2.29. The second kappa shape index (κ2) is 2.74. The highest BCUT2D eigenvalue weighted by Crippen LogP contribution is 2.29. The van der Waals surface area contributed by atoms with Gasteiger partial charge in [0, 0.05) is 0 Å². The van der Waals surface area contributed by atoms with E-state index in [1.54, 1.807) is 0 Å². The van der Waals surface area contributed by atoms with E-state index in [4.69, 9.17) is 5.11 Å². The lowest BCUT2D eigenvalue weighted by molar-refractivity contribution is 0.0533. The van der Waals surface area contributed by atoms with Crippen LogP contribution in [0.25, 0.3) is 0 Å². The van der Waals surface area contributed by atoms with Crippen molar-refractivity contribution in [3.8, 4) is 0 Å². The molecule has 0 amide bonds. The Bertz CT molecular complexity index is 66.2. The second-order valence-corrected chi connectivity index (χ2v) is 3.36. The van der Waals surface area contributed by atoms with E-state index < -0.39 is 0 Å². The minimum absolute atomic E-state index is 0.0344. The molecule has 0 aromatic carbocycles. The summed E-state index contributed by atoms with van der Waals surface area (Å²) in [5.74, 6) is 2.05. The van der Waals surface area contributed by atoms with Crippen molar-refractivity contribution in [3.05, 3.63) is 0 Å². The first kappa shape index (κ1) is 6.43. The first-order valence-corrected chi connectivity index (χ1v) is 4.39. The Kier molecular flexibility index (Phi) is 2.20. The van der Waals surface area contributed by atoms with E-state index >= 15 is 0 Å². The van der Waals surface area contributed by atoms with Crippen molar-refractivity contribution in [1.29, 1.82) is 0 Å². The maximum absolute atomic E-state index is 8.84. The molecule has 0 radical (unpaired) electrons. The van der Waals surface area contributed by atoms with Crippen LogP contribution in [0.5, 0.6) is 0 Å². The Morgan fingerprint density at radius 2 is 2.25 bits per heavy atom. The van der Waals surface area contributed by atoms with E-state index in [1.165, 1.54) is 5.75 Å². The third-order valence-electron chi connectivity index (χ3n) is 1.61. The van der Waals surface area contributed by atoms with Crippen LogP contribution in [0.15, 0.2) is 0 Å². The van der Waals surface area contributed by atoms with E-state index in [9.17, 15) is 0 Å². The molecule has 0 spiro atoms. The van der Waals surface area contributed by atoms with Gasteiger partial charge in [-0.25, -0.2) is 0 Å². The Morgan fingerprint density at radius 3 is 2.62 bits per heavy atom. The van der Waals surface area contributed by atoms with Gasteiger partial charge in [0.25, 0.3) is 0 Å². The zero-order valence-corrected chi connectivity index (χ0v) is 5.95. The van der Waals surface area contributed by atoms with E-state index in [0.29, 0.717) is 0 Å². The molecule has 2 heteroatoms. The molecule has 48 valence electrons. The number of aliphatic hydroxyl groups excluding tert-OH is 1. The molecule has 1 aliphatic rings. The van der Waals surface area contributed by atoms with Gasteiger partial charge in [-0.3, -0.25) is 0 Å². The predicted octanol–water partition coefficient (Wildman–Crippen LogP) is 1.12. The summed E-state index contributed by atoms with van der Waals surface area (Å²) >= 11 is 1.88. The van der Waals surface area contributed by atoms with Crippen LogP contribution in [-0.2, 0) is 0 Å². The van der Waals surface area contributed by atoms with Gasteiger partial charge in [-0.05, 0) is 30.8 Å². The molecule has 1 N–H and O–H groups in total. The summed E-state index contributed by atoms with van der Waals surface area (Å²) in [6, 6.07) is 0. The summed E-state index contributed by atoms with van der Waals surface area (Å²) in [6.07, 6.45) is 4.24. The van der Waals surface area contributed by atoms with E-state index in [2.05, 4.69) is 6.26 Å². The number of rotatable bonds is 2. The number of aliphatic hydroxyl groups is 1. The molecule has 1 aliphatic carbocycles. The van der Waals surface area contributed by atoms with Gasteiger partial charge in [0.15, 0.2) is 0 Å². The molecule has 0 atom stereocenters. The lowest BCUT2D eigenvalue weighted by Gasteiger charge is -2.30. The van der Waals surface area contributed by atoms with E-state index in [1.807, 2.05) is 11.8 Å². The largest absolute Gasteiger partial charge is 0.393 e. The fraction of sp³-hybridized carbons (Fsp3) is 1.00. The fourth-order valence-corrected chi connectivity index (χ4v) is 1.82. The monoisotopic (exact) mass is 132 g/mol. The Morgan fingerprint density at radius 1 is 1.62 bits per heavy atom. The van der Waals surface area contributed by atoms with Crippen LogP contribution in [0.3, 0.4) is 0 Å². The summed E-state index contributed by atoms with van der Waals surface area (Å²) in [5.41, 5.74) is 0. The molecule has 0 aliphatic heterocycles. The molecular formula is C6H12OS. The molecule has 1 fully saturated rings. The van der Waals surface area contributed by atoms with Crippen molar-refractivity contribution < 1.29 is 5.11 Å². The zero-order chi connectivity index (χ0) is 5.98. The number of thioether (sulfide) groups is 1. The summed E-state index contributed by atoms with van der Waals surface area (Å²) < 4.78 is 0. The van der Waals surface area contributed by atoms with Crippen molar-refractivity contribution in [2.75, 3.05) is 12.0 Å². The van der Waals surface area contributed by atoms with Gasteiger partial charge in [-0.15, -0.1) is 0 Å². The molecule has 0 bridgehead atoms. The highest BCUT2D eigenvalue weighted by atomic mass is 32.2. The Labute approximate surface area is 54.5 Å². The zero-order valence-electron chi connectivity index (χ0n) is 5.13. The Hall–Kier alpha value is 0.310. The van der Waals surface area contributed by atoms with Crippen molar-refractivity contribution in [1.82, 2.24) is 0 Å². The van der Waals surface area contributed by atoms with E-state index in [-0.39, 0.29) is 6.10 Å². The van der Waals surface area contributed by atoms with E-state index in [0.717, 1.165) is 18.8 Å². The SMILES string of the molecule is CSCC1CC(O)C1. The molecule has 0 heterocycles. The van der Waals surface area contributed by atoms with Crippen LogP contribution in [0.2, 0.25) is 0 Å². The maximum atomic E-state index is 8.84. The third kappa shape index (κ3) is 1.39. The van der Waals surface area contributed by atoms with Crippen LogP contribution in [-0.4, -0.2) is 23.2 Å². The van der Waals surface area contributed by atoms with Gasteiger partial charge in [-0.1, -0.05) is 0 Å².